The molecule has 0 aliphatic rings. The summed E-state index contributed by atoms with van der Waals surface area (Å²) in [5.41, 5.74) is 3.38. The highest BCUT2D eigenvalue weighted by atomic mass is 79.9. The minimum Gasteiger partial charge on any atom is -0.463 e. The molecule has 0 bridgehead atoms. The fourth-order valence-electron chi connectivity index (χ4n) is 2.54. The Hall–Kier alpha value is -2.86. The molecule has 6 heteroatoms. The highest BCUT2D eigenvalue weighted by Gasteiger charge is 2.17. The van der Waals surface area contributed by atoms with E-state index in [1.165, 1.54) is 6.92 Å². The minimum absolute atomic E-state index is 0.0921. The summed E-state index contributed by atoms with van der Waals surface area (Å²) in [4.78, 5) is 24.9. The average molecular weight is 424 g/mol. The topological polar surface area (TPSA) is 64.4 Å². The summed E-state index contributed by atoms with van der Waals surface area (Å²) in [6.07, 6.45) is 3.24. The first-order valence-electron chi connectivity index (χ1n) is 8.43. The van der Waals surface area contributed by atoms with Crippen LogP contribution in [0.1, 0.15) is 29.8 Å². The van der Waals surface area contributed by atoms with Gasteiger partial charge in [-0.3, -0.25) is 14.8 Å². The van der Waals surface area contributed by atoms with Crippen molar-refractivity contribution in [3.05, 3.63) is 94.5 Å². The van der Waals surface area contributed by atoms with Gasteiger partial charge in [0.05, 0.1) is 23.8 Å². The van der Waals surface area contributed by atoms with Crippen LogP contribution in [-0.4, -0.2) is 28.3 Å². The molecule has 0 aliphatic carbocycles. The Morgan fingerprint density at radius 2 is 1.59 bits per heavy atom. The SMILES string of the molecule is CC(=O)OCC(N=C(c1ccccc1)c1ccccc1)c1cnc(Br)cn1. The molecule has 0 spiro atoms. The lowest BCUT2D eigenvalue weighted by atomic mass is 10.0. The van der Waals surface area contributed by atoms with Crippen molar-refractivity contribution in [2.75, 3.05) is 6.61 Å². The van der Waals surface area contributed by atoms with Gasteiger partial charge < -0.3 is 4.74 Å². The zero-order chi connectivity index (χ0) is 19.1. The Kier molecular flexibility index (Phi) is 6.44. The normalized spacial score (nSPS) is 11.5. The van der Waals surface area contributed by atoms with Crippen molar-refractivity contribution in [2.45, 2.75) is 13.0 Å². The van der Waals surface area contributed by atoms with E-state index in [1.54, 1.807) is 12.4 Å². The molecular weight excluding hydrogens is 406 g/mol. The van der Waals surface area contributed by atoms with E-state index < -0.39 is 6.04 Å². The fraction of sp³-hybridized carbons (Fsp3) is 0.143. The van der Waals surface area contributed by atoms with Crippen LogP contribution in [0.15, 0.2) is 82.7 Å². The number of esters is 1. The molecule has 3 rings (SSSR count). The summed E-state index contributed by atoms with van der Waals surface area (Å²) in [5, 5.41) is 0. The number of aliphatic imine (C=N–C) groups is 1. The summed E-state index contributed by atoms with van der Waals surface area (Å²) in [5.74, 6) is -0.360. The number of nitrogens with zero attached hydrogens (tertiary/aromatic N) is 3. The van der Waals surface area contributed by atoms with E-state index >= 15 is 0 Å². The first-order chi connectivity index (χ1) is 13.1. The maximum atomic E-state index is 11.3. The molecule has 0 saturated carbocycles. The van der Waals surface area contributed by atoms with E-state index in [-0.39, 0.29) is 12.6 Å². The molecule has 1 unspecified atom stereocenters. The standard InChI is InChI=1S/C21H18BrN3O2/c1-15(26)27-14-19(18-12-24-20(22)13-23-18)25-21(16-8-4-2-5-9-16)17-10-6-3-7-11-17/h2-13,19H,14H2,1H3. The molecule has 0 aliphatic heterocycles. The molecule has 27 heavy (non-hydrogen) atoms. The number of aromatic nitrogens is 2. The second-order valence-electron chi connectivity index (χ2n) is 5.79. The molecule has 3 aromatic rings. The third-order valence-electron chi connectivity index (χ3n) is 3.81. The second kappa shape index (κ2) is 9.19. The zero-order valence-corrected chi connectivity index (χ0v) is 16.3. The summed E-state index contributed by atoms with van der Waals surface area (Å²) < 4.78 is 5.87. The maximum absolute atomic E-state index is 11.3. The number of hydrogen-bond donors (Lipinski definition) is 0. The molecule has 0 fully saturated rings. The van der Waals surface area contributed by atoms with Gasteiger partial charge in [0, 0.05) is 18.1 Å². The van der Waals surface area contributed by atoms with Gasteiger partial charge in [-0.05, 0) is 15.9 Å². The van der Waals surface area contributed by atoms with Crippen molar-refractivity contribution in [3.8, 4) is 0 Å². The van der Waals surface area contributed by atoms with Crippen LogP contribution in [0.2, 0.25) is 0 Å². The molecule has 0 amide bonds. The highest BCUT2D eigenvalue weighted by Crippen LogP contribution is 2.21. The monoisotopic (exact) mass is 423 g/mol. The van der Waals surface area contributed by atoms with Crippen LogP contribution in [0.4, 0.5) is 0 Å². The second-order valence-corrected chi connectivity index (χ2v) is 6.60. The predicted molar refractivity (Wildman–Crippen MR) is 108 cm³/mol. The van der Waals surface area contributed by atoms with Gasteiger partial charge in [-0.1, -0.05) is 60.7 Å². The quantitative estimate of drug-likeness (QED) is 0.435. The third kappa shape index (κ3) is 5.31. The largest absolute Gasteiger partial charge is 0.463 e. The highest BCUT2D eigenvalue weighted by molar-refractivity contribution is 9.10. The van der Waals surface area contributed by atoms with Crippen LogP contribution in [0.3, 0.4) is 0 Å². The number of ether oxygens (including phenoxy) is 1. The van der Waals surface area contributed by atoms with Crippen LogP contribution in [0.5, 0.6) is 0 Å². The lowest BCUT2D eigenvalue weighted by Crippen LogP contribution is -2.14. The van der Waals surface area contributed by atoms with E-state index in [9.17, 15) is 4.79 Å². The number of benzene rings is 2. The van der Waals surface area contributed by atoms with Crippen molar-refractivity contribution in [1.82, 2.24) is 9.97 Å². The molecule has 1 heterocycles. The molecule has 136 valence electrons. The molecule has 0 saturated heterocycles. The summed E-state index contributed by atoms with van der Waals surface area (Å²) in [7, 11) is 0. The van der Waals surface area contributed by atoms with Gasteiger partial charge in [0.1, 0.15) is 17.3 Å². The van der Waals surface area contributed by atoms with Gasteiger partial charge in [0.25, 0.3) is 0 Å². The Bertz CT molecular complexity index is 872. The average Bonchev–Trinajstić information content (AvgIpc) is 2.70. The summed E-state index contributed by atoms with van der Waals surface area (Å²) in [6.45, 7) is 1.47. The van der Waals surface area contributed by atoms with Crippen molar-refractivity contribution in [1.29, 1.82) is 0 Å². The van der Waals surface area contributed by atoms with Crippen molar-refractivity contribution in [2.24, 2.45) is 4.99 Å². The molecule has 0 radical (unpaired) electrons. The fourth-order valence-corrected chi connectivity index (χ4v) is 2.75. The van der Waals surface area contributed by atoms with E-state index in [4.69, 9.17) is 9.73 Å². The van der Waals surface area contributed by atoms with Crippen molar-refractivity contribution >= 4 is 27.6 Å². The van der Waals surface area contributed by atoms with Crippen LogP contribution >= 0.6 is 15.9 Å². The van der Waals surface area contributed by atoms with Gasteiger partial charge in [-0.15, -0.1) is 0 Å². The lowest BCUT2D eigenvalue weighted by Gasteiger charge is -2.15. The smallest absolute Gasteiger partial charge is 0.302 e. The number of carbonyl (C=O) groups excluding carboxylic acids is 1. The minimum atomic E-state index is -0.468. The molecule has 0 N–H and O–H groups in total. The number of halogens is 1. The molecule has 2 aromatic carbocycles. The van der Waals surface area contributed by atoms with E-state index in [2.05, 4.69) is 25.9 Å². The number of carbonyl (C=O) groups is 1. The summed E-state index contributed by atoms with van der Waals surface area (Å²) in [6, 6.07) is 19.3. The van der Waals surface area contributed by atoms with Crippen LogP contribution < -0.4 is 0 Å². The van der Waals surface area contributed by atoms with Crippen LogP contribution in [-0.2, 0) is 9.53 Å². The Morgan fingerprint density at radius 1 is 1.00 bits per heavy atom. The van der Waals surface area contributed by atoms with Gasteiger partial charge in [0.15, 0.2) is 0 Å². The van der Waals surface area contributed by atoms with Gasteiger partial charge >= 0.3 is 5.97 Å². The Morgan fingerprint density at radius 3 is 2.07 bits per heavy atom. The Balaban J connectivity index is 2.07. The first-order valence-corrected chi connectivity index (χ1v) is 9.22. The lowest BCUT2D eigenvalue weighted by molar-refractivity contribution is -0.141. The van der Waals surface area contributed by atoms with Crippen molar-refractivity contribution < 1.29 is 9.53 Å². The first kappa shape index (κ1) is 18.9. The van der Waals surface area contributed by atoms with Crippen molar-refractivity contribution in [3.63, 3.8) is 0 Å². The molecule has 1 atom stereocenters. The molecule has 1 aromatic heterocycles. The zero-order valence-electron chi connectivity index (χ0n) is 14.7. The van der Waals surface area contributed by atoms with E-state index in [0.717, 1.165) is 16.8 Å². The van der Waals surface area contributed by atoms with Crippen LogP contribution in [0.25, 0.3) is 0 Å². The third-order valence-corrected chi connectivity index (χ3v) is 4.22. The maximum Gasteiger partial charge on any atom is 0.302 e. The van der Waals surface area contributed by atoms with Gasteiger partial charge in [-0.25, -0.2) is 4.98 Å². The van der Waals surface area contributed by atoms with Gasteiger partial charge in [0.2, 0.25) is 0 Å². The predicted octanol–water partition coefficient (Wildman–Crippen LogP) is 4.38. The van der Waals surface area contributed by atoms with Gasteiger partial charge in [-0.2, -0.15) is 0 Å². The van der Waals surface area contributed by atoms with Crippen LogP contribution in [0, 0.1) is 0 Å². The molecule has 5 nitrogen and oxygen atoms in total. The Labute approximate surface area is 166 Å². The van der Waals surface area contributed by atoms with E-state index in [1.807, 2.05) is 60.7 Å². The number of hydrogen-bond acceptors (Lipinski definition) is 5. The number of rotatable bonds is 6. The summed E-state index contributed by atoms with van der Waals surface area (Å²) >= 11 is 3.29. The van der Waals surface area contributed by atoms with E-state index in [0.29, 0.717) is 10.3 Å². The molecular formula is C21H18BrN3O2.